The molecule has 1 aromatic carbocycles. The second-order valence-corrected chi connectivity index (χ2v) is 4.76. The van der Waals surface area contributed by atoms with Crippen LogP contribution in [0.2, 0.25) is 0 Å². The molecule has 0 aliphatic rings. The number of esters is 1. The number of nitrogens with zero attached hydrogens (tertiary/aromatic N) is 1. The standard InChI is InChI=1S/C15H24N2O2/c1-4-19-15(18)7-8-17(3)11-14-6-5-13(10-16)9-12(14)2/h5-6,9H,4,7-8,10-11,16H2,1-3H3. The zero-order valence-electron chi connectivity index (χ0n) is 12.1. The van der Waals surface area contributed by atoms with Crippen LogP contribution in [0.25, 0.3) is 0 Å². The van der Waals surface area contributed by atoms with Gasteiger partial charge in [-0.15, -0.1) is 0 Å². The summed E-state index contributed by atoms with van der Waals surface area (Å²) in [6, 6.07) is 6.29. The smallest absolute Gasteiger partial charge is 0.307 e. The molecule has 0 spiro atoms. The molecule has 0 fully saturated rings. The Bertz CT molecular complexity index is 419. The summed E-state index contributed by atoms with van der Waals surface area (Å²) in [6.45, 7) is 6.46. The Morgan fingerprint density at radius 1 is 1.42 bits per heavy atom. The van der Waals surface area contributed by atoms with E-state index < -0.39 is 0 Å². The lowest BCUT2D eigenvalue weighted by atomic mass is 10.0. The van der Waals surface area contributed by atoms with Gasteiger partial charge in [-0.1, -0.05) is 18.2 Å². The Hall–Kier alpha value is -1.39. The molecule has 19 heavy (non-hydrogen) atoms. The number of ether oxygens (including phenoxy) is 1. The fourth-order valence-electron chi connectivity index (χ4n) is 1.95. The normalized spacial score (nSPS) is 10.8. The van der Waals surface area contributed by atoms with E-state index in [1.807, 2.05) is 14.0 Å². The van der Waals surface area contributed by atoms with Crippen LogP contribution in [0, 0.1) is 6.92 Å². The molecular formula is C15H24N2O2. The number of hydrogen-bond donors (Lipinski definition) is 1. The van der Waals surface area contributed by atoms with E-state index in [1.165, 1.54) is 11.1 Å². The van der Waals surface area contributed by atoms with Gasteiger partial charge < -0.3 is 15.4 Å². The van der Waals surface area contributed by atoms with Gasteiger partial charge in [-0.05, 0) is 37.6 Å². The van der Waals surface area contributed by atoms with Gasteiger partial charge in [0.05, 0.1) is 13.0 Å². The maximum absolute atomic E-state index is 11.3. The Labute approximate surface area is 115 Å². The van der Waals surface area contributed by atoms with Crippen LogP contribution in [0.3, 0.4) is 0 Å². The average molecular weight is 264 g/mol. The van der Waals surface area contributed by atoms with E-state index >= 15 is 0 Å². The van der Waals surface area contributed by atoms with Crippen molar-refractivity contribution in [2.45, 2.75) is 33.4 Å². The molecule has 4 nitrogen and oxygen atoms in total. The SMILES string of the molecule is CCOC(=O)CCN(C)Cc1ccc(CN)cc1C. The van der Waals surface area contributed by atoms with Crippen LogP contribution in [0.5, 0.6) is 0 Å². The number of hydrogen-bond acceptors (Lipinski definition) is 4. The Morgan fingerprint density at radius 2 is 2.16 bits per heavy atom. The van der Waals surface area contributed by atoms with Crippen molar-refractivity contribution in [2.75, 3.05) is 20.2 Å². The van der Waals surface area contributed by atoms with Crippen molar-refractivity contribution in [1.29, 1.82) is 0 Å². The first-order chi connectivity index (χ1) is 9.06. The van der Waals surface area contributed by atoms with Crippen LogP contribution >= 0.6 is 0 Å². The van der Waals surface area contributed by atoms with Crippen molar-refractivity contribution < 1.29 is 9.53 Å². The molecule has 106 valence electrons. The summed E-state index contributed by atoms with van der Waals surface area (Å²) in [5.41, 5.74) is 9.28. The summed E-state index contributed by atoms with van der Waals surface area (Å²) >= 11 is 0. The monoisotopic (exact) mass is 264 g/mol. The van der Waals surface area contributed by atoms with E-state index in [2.05, 4.69) is 30.0 Å². The van der Waals surface area contributed by atoms with Gasteiger partial charge in [-0.3, -0.25) is 4.79 Å². The highest BCUT2D eigenvalue weighted by Crippen LogP contribution is 2.13. The van der Waals surface area contributed by atoms with Crippen LogP contribution in [-0.2, 0) is 22.6 Å². The Kier molecular flexibility index (Phi) is 6.53. The molecule has 0 saturated heterocycles. The van der Waals surface area contributed by atoms with Crippen LogP contribution in [0.15, 0.2) is 18.2 Å². The Balaban J connectivity index is 2.48. The molecule has 0 amide bonds. The second-order valence-electron chi connectivity index (χ2n) is 4.76. The number of aryl methyl sites for hydroxylation is 1. The van der Waals surface area contributed by atoms with Crippen molar-refractivity contribution in [3.63, 3.8) is 0 Å². The van der Waals surface area contributed by atoms with E-state index in [4.69, 9.17) is 10.5 Å². The minimum Gasteiger partial charge on any atom is -0.466 e. The fourth-order valence-corrected chi connectivity index (χ4v) is 1.95. The molecule has 0 heterocycles. The van der Waals surface area contributed by atoms with Gasteiger partial charge >= 0.3 is 5.97 Å². The van der Waals surface area contributed by atoms with E-state index in [9.17, 15) is 4.79 Å². The van der Waals surface area contributed by atoms with Crippen molar-refractivity contribution in [3.05, 3.63) is 34.9 Å². The maximum atomic E-state index is 11.3. The third-order valence-corrected chi connectivity index (χ3v) is 3.09. The minimum atomic E-state index is -0.135. The molecule has 0 unspecified atom stereocenters. The van der Waals surface area contributed by atoms with Crippen LogP contribution < -0.4 is 5.73 Å². The lowest BCUT2D eigenvalue weighted by molar-refractivity contribution is -0.143. The first kappa shape index (κ1) is 15.7. The summed E-state index contributed by atoms with van der Waals surface area (Å²) in [5.74, 6) is -0.135. The maximum Gasteiger partial charge on any atom is 0.307 e. The van der Waals surface area contributed by atoms with E-state index in [1.54, 1.807) is 0 Å². The zero-order chi connectivity index (χ0) is 14.3. The summed E-state index contributed by atoms with van der Waals surface area (Å²) in [5, 5.41) is 0. The van der Waals surface area contributed by atoms with Gasteiger partial charge in [0.1, 0.15) is 0 Å². The minimum absolute atomic E-state index is 0.135. The highest BCUT2D eigenvalue weighted by Gasteiger charge is 2.07. The molecule has 4 heteroatoms. The first-order valence-corrected chi connectivity index (χ1v) is 6.69. The molecule has 0 aliphatic carbocycles. The molecule has 0 radical (unpaired) electrons. The van der Waals surface area contributed by atoms with Crippen LogP contribution in [-0.4, -0.2) is 31.1 Å². The summed E-state index contributed by atoms with van der Waals surface area (Å²) in [7, 11) is 2.01. The molecule has 2 N–H and O–H groups in total. The average Bonchev–Trinajstić information content (AvgIpc) is 2.39. The molecule has 0 aromatic heterocycles. The molecular weight excluding hydrogens is 240 g/mol. The van der Waals surface area contributed by atoms with Crippen LogP contribution in [0.1, 0.15) is 30.0 Å². The third-order valence-electron chi connectivity index (χ3n) is 3.09. The second kappa shape index (κ2) is 7.92. The van der Waals surface area contributed by atoms with Gasteiger partial charge in [0.2, 0.25) is 0 Å². The number of nitrogens with two attached hydrogens (primary N) is 1. The van der Waals surface area contributed by atoms with E-state index in [0.717, 1.165) is 12.1 Å². The summed E-state index contributed by atoms with van der Waals surface area (Å²) < 4.78 is 4.92. The van der Waals surface area contributed by atoms with Gasteiger partial charge in [0.25, 0.3) is 0 Å². The third kappa shape index (κ3) is 5.41. The number of carbonyl (C=O) groups is 1. The largest absolute Gasteiger partial charge is 0.466 e. The van der Waals surface area contributed by atoms with Crippen molar-refractivity contribution in [1.82, 2.24) is 4.90 Å². The molecule has 0 aliphatic heterocycles. The Morgan fingerprint density at radius 3 is 2.74 bits per heavy atom. The van der Waals surface area contributed by atoms with Crippen LogP contribution in [0.4, 0.5) is 0 Å². The lowest BCUT2D eigenvalue weighted by Crippen LogP contribution is -2.22. The zero-order valence-corrected chi connectivity index (χ0v) is 12.1. The highest BCUT2D eigenvalue weighted by atomic mass is 16.5. The summed E-state index contributed by atoms with van der Waals surface area (Å²) in [4.78, 5) is 13.4. The predicted molar refractivity (Wildman–Crippen MR) is 76.7 cm³/mol. The number of carbonyl (C=O) groups excluding carboxylic acids is 1. The van der Waals surface area contributed by atoms with Crippen molar-refractivity contribution in [2.24, 2.45) is 5.73 Å². The molecule has 1 rings (SSSR count). The molecule has 0 bridgehead atoms. The quantitative estimate of drug-likeness (QED) is 0.763. The fraction of sp³-hybridized carbons (Fsp3) is 0.533. The number of rotatable bonds is 7. The van der Waals surface area contributed by atoms with Gasteiger partial charge in [0.15, 0.2) is 0 Å². The lowest BCUT2D eigenvalue weighted by Gasteiger charge is -2.18. The summed E-state index contributed by atoms with van der Waals surface area (Å²) in [6.07, 6.45) is 0.435. The topological polar surface area (TPSA) is 55.6 Å². The molecule has 0 atom stereocenters. The number of benzene rings is 1. The highest BCUT2D eigenvalue weighted by molar-refractivity contribution is 5.69. The first-order valence-electron chi connectivity index (χ1n) is 6.69. The van der Waals surface area contributed by atoms with Crippen molar-refractivity contribution >= 4 is 5.97 Å². The van der Waals surface area contributed by atoms with Gasteiger partial charge in [0, 0.05) is 19.6 Å². The molecule has 1 aromatic rings. The van der Waals surface area contributed by atoms with Gasteiger partial charge in [-0.25, -0.2) is 0 Å². The predicted octanol–water partition coefficient (Wildman–Crippen LogP) is 1.84. The van der Waals surface area contributed by atoms with Gasteiger partial charge in [-0.2, -0.15) is 0 Å². The van der Waals surface area contributed by atoms with Crippen molar-refractivity contribution in [3.8, 4) is 0 Å². The van der Waals surface area contributed by atoms with E-state index in [-0.39, 0.29) is 5.97 Å². The van der Waals surface area contributed by atoms with E-state index in [0.29, 0.717) is 26.1 Å². The molecule has 0 saturated carbocycles.